The third-order valence-corrected chi connectivity index (χ3v) is 1.70. The highest BCUT2D eigenvalue weighted by Crippen LogP contribution is 1.96. The zero-order chi connectivity index (χ0) is 11.1. The topological polar surface area (TPSA) is 64.4 Å². The van der Waals surface area contributed by atoms with Crippen LogP contribution in [-0.4, -0.2) is 24.3 Å². The van der Waals surface area contributed by atoms with E-state index in [1.165, 1.54) is 6.26 Å². The van der Waals surface area contributed by atoms with Crippen molar-refractivity contribution < 1.29 is 14.1 Å². The summed E-state index contributed by atoms with van der Waals surface area (Å²) in [7, 11) is 0. The fraction of sp³-hybridized carbons (Fsp3) is 0.400. The van der Waals surface area contributed by atoms with Crippen LogP contribution in [-0.2, 0) is 16.1 Å². The van der Waals surface area contributed by atoms with Gasteiger partial charge in [0.2, 0.25) is 0 Å². The first-order valence-electron chi connectivity index (χ1n) is 4.69. The molecule has 1 rings (SSSR count). The maximum absolute atomic E-state index is 11.1. The lowest BCUT2D eigenvalue weighted by Crippen LogP contribution is -2.21. The van der Waals surface area contributed by atoms with E-state index < -0.39 is 0 Å². The average molecular weight is 210 g/mol. The van der Waals surface area contributed by atoms with Crippen molar-refractivity contribution in [3.05, 3.63) is 30.2 Å². The molecule has 1 aromatic heterocycles. The molecule has 5 nitrogen and oxygen atoms in total. The van der Waals surface area contributed by atoms with Crippen molar-refractivity contribution >= 4 is 5.97 Å². The van der Waals surface area contributed by atoms with E-state index in [2.05, 4.69) is 21.6 Å². The molecular formula is C10H14N2O3. The van der Waals surface area contributed by atoms with E-state index in [9.17, 15) is 4.79 Å². The van der Waals surface area contributed by atoms with E-state index >= 15 is 0 Å². The quantitative estimate of drug-likeness (QED) is 0.558. The molecule has 15 heavy (non-hydrogen) atoms. The van der Waals surface area contributed by atoms with Crippen LogP contribution in [0, 0.1) is 0 Å². The predicted octanol–water partition coefficient (Wildman–Crippen LogP) is 0.883. The Morgan fingerprint density at radius 3 is 3.13 bits per heavy atom. The maximum Gasteiger partial charge on any atom is 0.334 e. The van der Waals surface area contributed by atoms with E-state index in [0.29, 0.717) is 25.3 Å². The Kier molecular flexibility index (Phi) is 4.56. The van der Waals surface area contributed by atoms with E-state index in [1.54, 1.807) is 13.0 Å². The van der Waals surface area contributed by atoms with Gasteiger partial charge < -0.3 is 14.6 Å². The minimum atomic E-state index is -0.370. The molecule has 0 spiro atoms. The first-order chi connectivity index (χ1) is 7.24. The number of carbonyl (C=O) groups excluding carboxylic acids is 1. The van der Waals surface area contributed by atoms with Crippen molar-refractivity contribution in [2.75, 3.05) is 13.2 Å². The molecule has 1 aromatic rings. The zero-order valence-electron chi connectivity index (χ0n) is 8.66. The van der Waals surface area contributed by atoms with Crippen LogP contribution in [0.2, 0.25) is 0 Å². The van der Waals surface area contributed by atoms with Crippen molar-refractivity contribution in [1.82, 2.24) is 10.5 Å². The molecule has 0 bridgehead atoms. The summed E-state index contributed by atoms with van der Waals surface area (Å²) in [5.74, 6) is -0.370. The van der Waals surface area contributed by atoms with E-state index in [4.69, 9.17) is 4.74 Å². The number of nitrogens with one attached hydrogen (secondary N) is 1. The largest absolute Gasteiger partial charge is 0.463 e. The monoisotopic (exact) mass is 210 g/mol. The highest BCUT2D eigenvalue weighted by Gasteiger charge is 2.06. The summed E-state index contributed by atoms with van der Waals surface area (Å²) in [6.45, 7) is 6.65. The minimum absolute atomic E-state index is 0.362. The van der Waals surface area contributed by atoms with Gasteiger partial charge in [0.25, 0.3) is 0 Å². The highest BCUT2D eigenvalue weighted by atomic mass is 16.5. The van der Waals surface area contributed by atoms with Gasteiger partial charge in [0.15, 0.2) is 0 Å². The summed E-state index contributed by atoms with van der Waals surface area (Å²) < 4.78 is 9.43. The molecule has 0 aliphatic carbocycles. The number of hydrogen-bond donors (Lipinski definition) is 1. The standard InChI is InChI=1S/C10H14N2O3/c1-3-14-10(13)8(2)6-11-7-9-4-5-15-12-9/h4-5,11H,2-3,6-7H2,1H3. The Morgan fingerprint density at radius 1 is 1.73 bits per heavy atom. The SMILES string of the molecule is C=C(CNCc1ccon1)C(=O)OCC. The number of esters is 1. The number of hydrogen-bond acceptors (Lipinski definition) is 5. The van der Waals surface area contributed by atoms with Gasteiger partial charge in [-0.2, -0.15) is 0 Å². The Bertz CT molecular complexity index is 319. The number of carbonyl (C=O) groups is 1. The molecule has 0 aliphatic rings. The van der Waals surface area contributed by atoms with Crippen molar-refractivity contribution in [3.63, 3.8) is 0 Å². The van der Waals surface area contributed by atoms with Crippen molar-refractivity contribution in [2.24, 2.45) is 0 Å². The van der Waals surface area contributed by atoms with Crippen LogP contribution in [0.3, 0.4) is 0 Å². The molecular weight excluding hydrogens is 196 g/mol. The summed E-state index contributed by atoms with van der Waals surface area (Å²) in [5.41, 5.74) is 1.19. The van der Waals surface area contributed by atoms with Gasteiger partial charge in [-0.25, -0.2) is 4.79 Å². The second-order valence-corrected chi connectivity index (χ2v) is 2.92. The van der Waals surface area contributed by atoms with E-state index in [-0.39, 0.29) is 5.97 Å². The van der Waals surface area contributed by atoms with Crippen molar-refractivity contribution in [3.8, 4) is 0 Å². The second kappa shape index (κ2) is 5.98. The normalized spacial score (nSPS) is 9.93. The summed E-state index contributed by atoms with van der Waals surface area (Å²) >= 11 is 0. The molecule has 0 aliphatic heterocycles. The first kappa shape index (κ1) is 11.5. The lowest BCUT2D eigenvalue weighted by atomic mass is 10.3. The van der Waals surface area contributed by atoms with Gasteiger partial charge in [-0.3, -0.25) is 0 Å². The molecule has 1 heterocycles. The summed E-state index contributed by atoms with van der Waals surface area (Å²) in [6.07, 6.45) is 1.50. The number of rotatable bonds is 6. The average Bonchev–Trinajstić information content (AvgIpc) is 2.71. The van der Waals surface area contributed by atoms with Crippen LogP contribution in [0.4, 0.5) is 0 Å². The minimum Gasteiger partial charge on any atom is -0.463 e. The summed E-state index contributed by atoms with van der Waals surface area (Å²) in [6, 6.07) is 1.75. The lowest BCUT2D eigenvalue weighted by molar-refractivity contribution is -0.138. The third kappa shape index (κ3) is 3.95. The molecule has 0 saturated heterocycles. The molecule has 0 saturated carbocycles. The second-order valence-electron chi connectivity index (χ2n) is 2.92. The number of aromatic nitrogens is 1. The van der Waals surface area contributed by atoms with Crippen LogP contribution in [0.1, 0.15) is 12.6 Å². The van der Waals surface area contributed by atoms with Gasteiger partial charge in [-0.15, -0.1) is 0 Å². The first-order valence-corrected chi connectivity index (χ1v) is 4.69. The number of nitrogens with zero attached hydrogens (tertiary/aromatic N) is 1. The fourth-order valence-corrected chi connectivity index (χ4v) is 0.976. The molecule has 0 atom stereocenters. The predicted molar refractivity (Wildman–Crippen MR) is 54.0 cm³/mol. The lowest BCUT2D eigenvalue weighted by Gasteiger charge is -2.05. The van der Waals surface area contributed by atoms with Crippen LogP contribution in [0.5, 0.6) is 0 Å². The van der Waals surface area contributed by atoms with Gasteiger partial charge in [-0.1, -0.05) is 11.7 Å². The third-order valence-electron chi connectivity index (χ3n) is 1.70. The van der Waals surface area contributed by atoms with Crippen molar-refractivity contribution in [2.45, 2.75) is 13.5 Å². The summed E-state index contributed by atoms with van der Waals surface area (Å²) in [4.78, 5) is 11.1. The Balaban J connectivity index is 2.20. The van der Waals surface area contributed by atoms with Crippen molar-refractivity contribution in [1.29, 1.82) is 0 Å². The molecule has 0 aromatic carbocycles. The van der Waals surface area contributed by atoms with Crippen LogP contribution in [0.15, 0.2) is 29.0 Å². The summed E-state index contributed by atoms with van der Waals surface area (Å²) in [5, 5.41) is 6.71. The number of ether oxygens (including phenoxy) is 1. The fourth-order valence-electron chi connectivity index (χ4n) is 0.976. The van der Waals surface area contributed by atoms with Crippen LogP contribution in [0.25, 0.3) is 0 Å². The Labute approximate surface area is 88.1 Å². The van der Waals surface area contributed by atoms with Crippen LogP contribution >= 0.6 is 0 Å². The molecule has 0 unspecified atom stereocenters. The molecule has 0 fully saturated rings. The molecule has 0 radical (unpaired) electrons. The van der Waals surface area contributed by atoms with Gasteiger partial charge >= 0.3 is 5.97 Å². The van der Waals surface area contributed by atoms with E-state index in [1.807, 2.05) is 0 Å². The highest BCUT2D eigenvalue weighted by molar-refractivity contribution is 5.88. The zero-order valence-corrected chi connectivity index (χ0v) is 8.66. The Hall–Kier alpha value is -1.62. The molecule has 82 valence electrons. The van der Waals surface area contributed by atoms with Crippen LogP contribution < -0.4 is 5.32 Å². The van der Waals surface area contributed by atoms with Gasteiger partial charge in [0.05, 0.1) is 12.3 Å². The molecule has 0 amide bonds. The maximum atomic E-state index is 11.1. The Morgan fingerprint density at radius 2 is 2.53 bits per heavy atom. The molecule has 1 N–H and O–H groups in total. The van der Waals surface area contributed by atoms with Gasteiger partial charge in [-0.05, 0) is 6.92 Å². The van der Waals surface area contributed by atoms with E-state index in [0.717, 1.165) is 5.69 Å². The molecule has 5 heteroatoms. The smallest absolute Gasteiger partial charge is 0.334 e. The van der Waals surface area contributed by atoms with Gasteiger partial charge in [0, 0.05) is 24.7 Å². The van der Waals surface area contributed by atoms with Gasteiger partial charge in [0.1, 0.15) is 6.26 Å².